The fraction of sp³-hybridized carbons (Fsp3) is 0.545. The second kappa shape index (κ2) is 5.34. The lowest BCUT2D eigenvalue weighted by atomic mass is 10.2. The third kappa shape index (κ3) is 4.33. The zero-order valence-electron chi connectivity index (χ0n) is 10.8. The summed E-state index contributed by atoms with van der Waals surface area (Å²) >= 11 is 1.20. The summed E-state index contributed by atoms with van der Waals surface area (Å²) in [6.07, 6.45) is -0.709. The number of aryl methyl sites for hydroxylation is 1. The minimum Gasteiger partial charge on any atom is -0.480 e. The lowest BCUT2D eigenvalue weighted by Crippen LogP contribution is -2.40. The van der Waals surface area contributed by atoms with Crippen molar-refractivity contribution in [3.05, 3.63) is 11.1 Å². The zero-order valence-corrected chi connectivity index (χ0v) is 11.6. The second-order valence-electron chi connectivity index (χ2n) is 4.73. The number of carbonyl (C=O) groups is 2. The van der Waals surface area contributed by atoms with E-state index in [4.69, 9.17) is 9.84 Å². The number of carboxylic acid groups (broad SMARTS) is 1. The van der Waals surface area contributed by atoms with Gasteiger partial charge in [0.1, 0.15) is 12.1 Å². The van der Waals surface area contributed by atoms with E-state index in [1.165, 1.54) is 11.3 Å². The number of nitrogens with zero attached hydrogens (tertiary/aromatic N) is 2. The molecule has 1 rings (SSSR count). The van der Waals surface area contributed by atoms with E-state index in [0.717, 1.165) is 10.6 Å². The predicted octanol–water partition coefficient (Wildman–Crippen LogP) is 2.28. The van der Waals surface area contributed by atoms with Crippen molar-refractivity contribution < 1.29 is 19.4 Å². The van der Waals surface area contributed by atoms with Gasteiger partial charge in [-0.05, 0) is 27.7 Å². The fourth-order valence-corrected chi connectivity index (χ4v) is 1.92. The molecule has 0 aliphatic carbocycles. The summed E-state index contributed by atoms with van der Waals surface area (Å²) in [5.74, 6) is -1.12. The molecule has 0 radical (unpaired) electrons. The number of hydrogen-bond acceptors (Lipinski definition) is 5. The summed E-state index contributed by atoms with van der Waals surface area (Å²) in [4.78, 5) is 27.8. The molecular weight excluding hydrogens is 256 g/mol. The Kier molecular flexibility index (Phi) is 4.28. The van der Waals surface area contributed by atoms with Crippen LogP contribution < -0.4 is 4.90 Å². The fourth-order valence-electron chi connectivity index (χ4n) is 1.13. The van der Waals surface area contributed by atoms with Crippen LogP contribution >= 0.6 is 11.3 Å². The Hall–Kier alpha value is -1.63. The van der Waals surface area contributed by atoms with Gasteiger partial charge in [-0.1, -0.05) is 0 Å². The van der Waals surface area contributed by atoms with Crippen LogP contribution in [-0.2, 0) is 9.53 Å². The molecule has 1 N–H and O–H groups in total. The second-order valence-corrected chi connectivity index (χ2v) is 5.57. The molecule has 7 heteroatoms. The Morgan fingerprint density at radius 1 is 1.50 bits per heavy atom. The molecule has 0 saturated heterocycles. The first kappa shape index (κ1) is 14.4. The highest BCUT2D eigenvalue weighted by atomic mass is 32.1. The molecular formula is C11H16N2O4S. The van der Waals surface area contributed by atoms with Gasteiger partial charge in [0.15, 0.2) is 5.13 Å². The molecule has 1 aromatic rings. The molecule has 0 aromatic carbocycles. The number of rotatable bonds is 3. The largest absolute Gasteiger partial charge is 0.480 e. The SMILES string of the molecule is Cc1csc(N(CC(=O)O)C(=O)OC(C)(C)C)n1. The molecule has 1 amide bonds. The van der Waals surface area contributed by atoms with E-state index in [2.05, 4.69) is 4.98 Å². The van der Waals surface area contributed by atoms with E-state index in [1.807, 2.05) is 0 Å². The number of aliphatic carboxylic acids is 1. The van der Waals surface area contributed by atoms with Gasteiger partial charge < -0.3 is 9.84 Å². The van der Waals surface area contributed by atoms with Crippen molar-refractivity contribution in [3.8, 4) is 0 Å². The molecule has 0 atom stereocenters. The van der Waals surface area contributed by atoms with Gasteiger partial charge in [-0.15, -0.1) is 11.3 Å². The van der Waals surface area contributed by atoms with Crippen molar-refractivity contribution in [3.63, 3.8) is 0 Å². The van der Waals surface area contributed by atoms with Crippen LogP contribution in [0.1, 0.15) is 26.5 Å². The average Bonchev–Trinajstić information content (AvgIpc) is 2.57. The van der Waals surface area contributed by atoms with E-state index in [0.29, 0.717) is 5.13 Å². The van der Waals surface area contributed by atoms with Crippen molar-refractivity contribution in [2.75, 3.05) is 11.4 Å². The molecule has 0 fully saturated rings. The van der Waals surface area contributed by atoms with Crippen molar-refractivity contribution in [1.82, 2.24) is 4.98 Å². The van der Waals surface area contributed by atoms with Crippen molar-refractivity contribution >= 4 is 28.5 Å². The van der Waals surface area contributed by atoms with Crippen LogP contribution in [0.3, 0.4) is 0 Å². The number of hydrogen-bond donors (Lipinski definition) is 1. The van der Waals surface area contributed by atoms with Gasteiger partial charge in [-0.2, -0.15) is 0 Å². The standard InChI is InChI=1S/C11H16N2O4S/c1-7-6-18-9(12-7)13(5-8(14)15)10(16)17-11(2,3)4/h6H,5H2,1-4H3,(H,14,15). The quantitative estimate of drug-likeness (QED) is 0.913. The third-order valence-corrected chi connectivity index (χ3v) is 2.73. The topological polar surface area (TPSA) is 79.7 Å². The molecule has 0 saturated carbocycles. The van der Waals surface area contributed by atoms with Crippen LogP contribution in [0, 0.1) is 6.92 Å². The van der Waals surface area contributed by atoms with Gasteiger partial charge in [0, 0.05) is 5.38 Å². The predicted molar refractivity (Wildman–Crippen MR) is 68.1 cm³/mol. The number of anilines is 1. The Labute approximate surface area is 109 Å². The van der Waals surface area contributed by atoms with E-state index < -0.39 is 24.2 Å². The van der Waals surface area contributed by atoms with Crippen LogP contribution in [0.15, 0.2) is 5.38 Å². The highest BCUT2D eigenvalue weighted by molar-refractivity contribution is 7.14. The maximum Gasteiger partial charge on any atom is 0.417 e. The van der Waals surface area contributed by atoms with Gasteiger partial charge in [0.05, 0.1) is 5.69 Å². The maximum atomic E-state index is 11.9. The molecule has 1 heterocycles. The molecule has 0 aliphatic rings. The number of aromatic nitrogens is 1. The summed E-state index contributed by atoms with van der Waals surface area (Å²) < 4.78 is 5.15. The van der Waals surface area contributed by atoms with Crippen LogP contribution in [-0.4, -0.2) is 34.3 Å². The summed E-state index contributed by atoms with van der Waals surface area (Å²) in [5.41, 5.74) is 0.0501. The highest BCUT2D eigenvalue weighted by Gasteiger charge is 2.26. The lowest BCUT2D eigenvalue weighted by molar-refractivity contribution is -0.135. The van der Waals surface area contributed by atoms with Gasteiger partial charge in [0.2, 0.25) is 0 Å². The molecule has 18 heavy (non-hydrogen) atoms. The number of amides is 1. The van der Waals surface area contributed by atoms with Crippen molar-refractivity contribution in [2.24, 2.45) is 0 Å². The Bertz CT molecular complexity index is 450. The average molecular weight is 272 g/mol. The highest BCUT2D eigenvalue weighted by Crippen LogP contribution is 2.22. The minimum atomic E-state index is -1.12. The van der Waals surface area contributed by atoms with E-state index >= 15 is 0 Å². The molecule has 0 bridgehead atoms. The Morgan fingerprint density at radius 2 is 2.11 bits per heavy atom. The summed E-state index contributed by atoms with van der Waals surface area (Å²) in [6, 6.07) is 0. The minimum absolute atomic E-state index is 0.323. The van der Waals surface area contributed by atoms with E-state index in [-0.39, 0.29) is 0 Å². The molecule has 1 aromatic heterocycles. The number of ether oxygens (including phenoxy) is 1. The number of thiazole rings is 1. The lowest BCUT2D eigenvalue weighted by Gasteiger charge is -2.24. The molecule has 100 valence electrons. The normalized spacial score (nSPS) is 11.1. The van der Waals surface area contributed by atoms with Gasteiger partial charge in [-0.25, -0.2) is 14.7 Å². The molecule has 0 spiro atoms. The first-order chi connectivity index (χ1) is 8.19. The monoisotopic (exact) mass is 272 g/mol. The van der Waals surface area contributed by atoms with Crippen LogP contribution in [0.4, 0.5) is 9.93 Å². The molecule has 0 aliphatic heterocycles. The molecule has 6 nitrogen and oxygen atoms in total. The first-order valence-electron chi connectivity index (χ1n) is 5.33. The summed E-state index contributed by atoms with van der Waals surface area (Å²) in [5, 5.41) is 10.9. The van der Waals surface area contributed by atoms with Crippen molar-refractivity contribution in [1.29, 1.82) is 0 Å². The van der Waals surface area contributed by atoms with Crippen LogP contribution in [0.2, 0.25) is 0 Å². The number of carbonyl (C=O) groups excluding carboxylic acids is 1. The van der Waals surface area contributed by atoms with Gasteiger partial charge >= 0.3 is 12.1 Å². The summed E-state index contributed by atoms with van der Waals surface area (Å²) in [6.45, 7) is 6.46. The van der Waals surface area contributed by atoms with Crippen LogP contribution in [0.5, 0.6) is 0 Å². The van der Waals surface area contributed by atoms with E-state index in [9.17, 15) is 9.59 Å². The summed E-state index contributed by atoms with van der Waals surface area (Å²) in [7, 11) is 0. The zero-order chi connectivity index (χ0) is 13.9. The van der Waals surface area contributed by atoms with E-state index in [1.54, 1.807) is 33.1 Å². The Morgan fingerprint density at radius 3 is 2.50 bits per heavy atom. The van der Waals surface area contributed by atoms with Gasteiger partial charge in [0.25, 0.3) is 0 Å². The first-order valence-corrected chi connectivity index (χ1v) is 6.21. The Balaban J connectivity index is 2.91. The van der Waals surface area contributed by atoms with Gasteiger partial charge in [-0.3, -0.25) is 4.79 Å². The number of carboxylic acids is 1. The smallest absolute Gasteiger partial charge is 0.417 e. The third-order valence-electron chi connectivity index (χ3n) is 1.75. The van der Waals surface area contributed by atoms with Crippen LogP contribution in [0.25, 0.3) is 0 Å². The van der Waals surface area contributed by atoms with Crippen molar-refractivity contribution in [2.45, 2.75) is 33.3 Å². The maximum absolute atomic E-state index is 11.9. The molecule has 0 unspecified atom stereocenters.